The molecule has 0 saturated carbocycles. The molecule has 4 nitrogen and oxygen atoms in total. The van der Waals surface area contributed by atoms with Gasteiger partial charge in [-0.15, -0.1) is 0 Å². The van der Waals surface area contributed by atoms with Gasteiger partial charge >= 0.3 is 0 Å². The van der Waals surface area contributed by atoms with E-state index in [0.717, 1.165) is 13.1 Å². The molecule has 0 heterocycles. The van der Waals surface area contributed by atoms with Gasteiger partial charge in [-0.3, -0.25) is 0 Å². The molecule has 108 valence electrons. The number of ether oxygens (including phenoxy) is 2. The number of aliphatic hydroxyl groups is 1. The molecule has 0 spiro atoms. The van der Waals surface area contributed by atoms with Gasteiger partial charge in [0.1, 0.15) is 6.61 Å². The first kappa shape index (κ1) is 15.8. The van der Waals surface area contributed by atoms with Crippen molar-refractivity contribution in [1.29, 1.82) is 0 Å². The normalized spacial score (nSPS) is 10.5. The van der Waals surface area contributed by atoms with E-state index in [1.165, 1.54) is 24.8 Å². The number of nitrogens with one attached hydrogen (secondary N) is 1. The predicted octanol–water partition coefficient (Wildman–Crippen LogP) is 2.35. The molecule has 0 aliphatic carbocycles. The molecular formula is C15H25NO3. The van der Waals surface area contributed by atoms with Gasteiger partial charge in [-0.05, 0) is 30.7 Å². The van der Waals surface area contributed by atoms with E-state index in [2.05, 4.69) is 12.2 Å². The van der Waals surface area contributed by atoms with E-state index in [0.29, 0.717) is 11.5 Å². The van der Waals surface area contributed by atoms with Crippen LogP contribution >= 0.6 is 0 Å². The Bertz CT molecular complexity index is 355. The highest BCUT2D eigenvalue weighted by Gasteiger charge is 2.05. The highest BCUT2D eigenvalue weighted by atomic mass is 16.5. The molecule has 1 aromatic carbocycles. The van der Waals surface area contributed by atoms with E-state index in [1.807, 2.05) is 18.2 Å². The lowest BCUT2D eigenvalue weighted by Crippen LogP contribution is -2.14. The van der Waals surface area contributed by atoms with Crippen molar-refractivity contribution in [3.05, 3.63) is 23.8 Å². The Hall–Kier alpha value is -1.26. The lowest BCUT2D eigenvalue weighted by Gasteiger charge is -2.12. The van der Waals surface area contributed by atoms with Crippen molar-refractivity contribution >= 4 is 0 Å². The third-order valence-electron chi connectivity index (χ3n) is 2.86. The molecule has 0 atom stereocenters. The summed E-state index contributed by atoms with van der Waals surface area (Å²) in [5.41, 5.74) is 1.17. The highest BCUT2D eigenvalue weighted by molar-refractivity contribution is 5.42. The minimum atomic E-state index is 0.00386. The van der Waals surface area contributed by atoms with Gasteiger partial charge in [-0.25, -0.2) is 0 Å². The smallest absolute Gasteiger partial charge is 0.161 e. The molecule has 0 radical (unpaired) electrons. The van der Waals surface area contributed by atoms with Crippen molar-refractivity contribution in [3.8, 4) is 11.5 Å². The fourth-order valence-electron chi connectivity index (χ4n) is 1.83. The quantitative estimate of drug-likeness (QED) is 0.639. The Labute approximate surface area is 115 Å². The summed E-state index contributed by atoms with van der Waals surface area (Å²) in [6.07, 6.45) is 3.72. The Morgan fingerprint density at radius 3 is 2.74 bits per heavy atom. The van der Waals surface area contributed by atoms with Crippen molar-refractivity contribution in [1.82, 2.24) is 5.32 Å². The topological polar surface area (TPSA) is 50.7 Å². The molecule has 19 heavy (non-hydrogen) atoms. The largest absolute Gasteiger partial charge is 0.493 e. The second-order valence-corrected chi connectivity index (χ2v) is 4.44. The van der Waals surface area contributed by atoms with Gasteiger partial charge in [0.15, 0.2) is 11.5 Å². The van der Waals surface area contributed by atoms with Crippen LogP contribution in [0.5, 0.6) is 11.5 Å². The Kier molecular flexibility index (Phi) is 8.02. The van der Waals surface area contributed by atoms with E-state index in [1.54, 1.807) is 7.11 Å². The van der Waals surface area contributed by atoms with Crippen LogP contribution in [0.25, 0.3) is 0 Å². The molecule has 1 aromatic rings. The molecule has 1 rings (SSSR count). The summed E-state index contributed by atoms with van der Waals surface area (Å²) < 4.78 is 10.7. The van der Waals surface area contributed by atoms with Crippen LogP contribution in [0.2, 0.25) is 0 Å². The first-order valence-corrected chi connectivity index (χ1v) is 6.93. The minimum absolute atomic E-state index is 0.00386. The van der Waals surface area contributed by atoms with E-state index in [4.69, 9.17) is 14.6 Å². The zero-order valence-corrected chi connectivity index (χ0v) is 11.9. The summed E-state index contributed by atoms with van der Waals surface area (Å²) in [7, 11) is 1.62. The van der Waals surface area contributed by atoms with Gasteiger partial charge in [-0.1, -0.05) is 25.8 Å². The predicted molar refractivity (Wildman–Crippen MR) is 76.8 cm³/mol. The van der Waals surface area contributed by atoms with Crippen molar-refractivity contribution in [3.63, 3.8) is 0 Å². The lowest BCUT2D eigenvalue weighted by atomic mass is 10.2. The summed E-state index contributed by atoms with van der Waals surface area (Å²) in [6, 6.07) is 5.87. The van der Waals surface area contributed by atoms with Crippen LogP contribution in [0, 0.1) is 0 Å². The average Bonchev–Trinajstić information content (AvgIpc) is 2.45. The van der Waals surface area contributed by atoms with Crippen LogP contribution in [-0.4, -0.2) is 32.0 Å². The molecule has 2 N–H and O–H groups in total. The minimum Gasteiger partial charge on any atom is -0.493 e. The van der Waals surface area contributed by atoms with Gasteiger partial charge in [0.2, 0.25) is 0 Å². The highest BCUT2D eigenvalue weighted by Crippen LogP contribution is 2.27. The maximum absolute atomic E-state index is 8.76. The molecular weight excluding hydrogens is 242 g/mol. The average molecular weight is 267 g/mol. The number of hydrogen-bond acceptors (Lipinski definition) is 4. The van der Waals surface area contributed by atoms with Gasteiger partial charge < -0.3 is 19.9 Å². The number of unbranched alkanes of at least 4 members (excludes halogenated alkanes) is 2. The zero-order chi connectivity index (χ0) is 13.9. The third-order valence-corrected chi connectivity index (χ3v) is 2.86. The summed E-state index contributed by atoms with van der Waals surface area (Å²) in [6.45, 7) is 4.37. The number of hydrogen-bond donors (Lipinski definition) is 2. The van der Waals surface area contributed by atoms with E-state index >= 15 is 0 Å². The maximum atomic E-state index is 8.76. The van der Waals surface area contributed by atoms with Gasteiger partial charge in [0, 0.05) is 6.54 Å². The fourth-order valence-corrected chi connectivity index (χ4v) is 1.83. The molecule has 0 aliphatic rings. The van der Waals surface area contributed by atoms with Crippen molar-refractivity contribution in [2.75, 3.05) is 26.9 Å². The molecule has 0 bridgehead atoms. The lowest BCUT2D eigenvalue weighted by molar-refractivity contribution is 0.196. The van der Waals surface area contributed by atoms with E-state index in [9.17, 15) is 0 Å². The first-order chi connectivity index (χ1) is 9.31. The Morgan fingerprint density at radius 1 is 1.21 bits per heavy atom. The SMILES string of the molecule is CCCCCNCc1ccc(OCCO)c(OC)c1. The van der Waals surface area contributed by atoms with Crippen molar-refractivity contribution < 1.29 is 14.6 Å². The molecule has 0 saturated heterocycles. The molecule has 0 aromatic heterocycles. The van der Waals surface area contributed by atoms with Crippen LogP contribution < -0.4 is 14.8 Å². The molecule has 0 unspecified atom stereocenters. The summed E-state index contributed by atoms with van der Waals surface area (Å²) in [5.74, 6) is 1.38. The number of benzene rings is 1. The Morgan fingerprint density at radius 2 is 2.05 bits per heavy atom. The zero-order valence-electron chi connectivity index (χ0n) is 11.9. The van der Waals surface area contributed by atoms with Crippen LogP contribution in [0.4, 0.5) is 0 Å². The third kappa shape index (κ3) is 5.94. The number of aliphatic hydroxyl groups excluding tert-OH is 1. The van der Waals surface area contributed by atoms with E-state index < -0.39 is 0 Å². The van der Waals surface area contributed by atoms with Crippen LogP contribution in [0.3, 0.4) is 0 Å². The van der Waals surface area contributed by atoms with Gasteiger partial charge in [0.25, 0.3) is 0 Å². The molecule has 4 heteroatoms. The second-order valence-electron chi connectivity index (χ2n) is 4.44. The van der Waals surface area contributed by atoms with Crippen LogP contribution in [0.1, 0.15) is 31.7 Å². The van der Waals surface area contributed by atoms with Crippen molar-refractivity contribution in [2.24, 2.45) is 0 Å². The van der Waals surface area contributed by atoms with E-state index in [-0.39, 0.29) is 13.2 Å². The number of rotatable bonds is 10. The van der Waals surface area contributed by atoms with Gasteiger partial charge in [0.05, 0.1) is 13.7 Å². The summed E-state index contributed by atoms with van der Waals surface area (Å²) in [5, 5.41) is 12.2. The summed E-state index contributed by atoms with van der Waals surface area (Å²) >= 11 is 0. The van der Waals surface area contributed by atoms with Gasteiger partial charge in [-0.2, -0.15) is 0 Å². The first-order valence-electron chi connectivity index (χ1n) is 6.93. The standard InChI is InChI=1S/C15H25NO3/c1-3-4-5-8-16-12-13-6-7-14(19-10-9-17)15(11-13)18-2/h6-7,11,16-17H,3-5,8-10,12H2,1-2H3. The molecule has 0 fully saturated rings. The second kappa shape index (κ2) is 9.64. The van der Waals surface area contributed by atoms with Crippen LogP contribution in [0.15, 0.2) is 18.2 Å². The number of methoxy groups -OCH3 is 1. The molecule has 0 aliphatic heterocycles. The van der Waals surface area contributed by atoms with Crippen LogP contribution in [-0.2, 0) is 6.54 Å². The van der Waals surface area contributed by atoms with Crippen molar-refractivity contribution in [2.45, 2.75) is 32.7 Å². The Balaban J connectivity index is 2.46. The summed E-state index contributed by atoms with van der Waals surface area (Å²) in [4.78, 5) is 0. The monoisotopic (exact) mass is 267 g/mol. The maximum Gasteiger partial charge on any atom is 0.161 e. The fraction of sp³-hybridized carbons (Fsp3) is 0.600. The molecule has 0 amide bonds.